The Morgan fingerprint density at radius 1 is 1.41 bits per heavy atom. The molecule has 1 aromatic carbocycles. The van der Waals surface area contributed by atoms with Crippen LogP contribution in [0.1, 0.15) is 23.5 Å². The molecule has 0 saturated heterocycles. The van der Waals surface area contributed by atoms with Crippen LogP contribution < -0.4 is 4.74 Å². The van der Waals surface area contributed by atoms with E-state index in [2.05, 4.69) is 4.98 Å². The maximum atomic E-state index is 9.49. The van der Waals surface area contributed by atoms with Gasteiger partial charge in [-0.15, -0.1) is 11.3 Å². The molecule has 1 heterocycles. The topological polar surface area (TPSA) is 42.4 Å². The quantitative estimate of drug-likeness (QED) is 0.908. The van der Waals surface area contributed by atoms with Crippen LogP contribution in [0.4, 0.5) is 0 Å². The monoisotopic (exact) mass is 249 g/mol. The van der Waals surface area contributed by atoms with Gasteiger partial charge in [0.1, 0.15) is 10.8 Å². The van der Waals surface area contributed by atoms with E-state index in [1.165, 1.54) is 11.3 Å². The maximum absolute atomic E-state index is 9.49. The molecular formula is C13H15NO2S. The average Bonchev–Trinajstić information content (AvgIpc) is 2.78. The highest BCUT2D eigenvalue weighted by Gasteiger charge is 2.12. The Morgan fingerprint density at radius 2 is 2.18 bits per heavy atom. The normalized spacial score (nSPS) is 12.5. The molecule has 0 saturated carbocycles. The first-order valence-corrected chi connectivity index (χ1v) is 6.22. The van der Waals surface area contributed by atoms with Crippen molar-refractivity contribution >= 4 is 11.3 Å². The molecule has 2 rings (SSSR count). The van der Waals surface area contributed by atoms with Gasteiger partial charge in [0.2, 0.25) is 0 Å². The minimum atomic E-state index is -0.474. The summed E-state index contributed by atoms with van der Waals surface area (Å²) in [5.41, 5.74) is 2.12. The van der Waals surface area contributed by atoms with Crippen molar-refractivity contribution in [3.05, 3.63) is 34.8 Å². The first-order chi connectivity index (χ1) is 8.11. The lowest BCUT2D eigenvalue weighted by Crippen LogP contribution is -1.88. The zero-order valence-electron chi connectivity index (χ0n) is 10.1. The largest absolute Gasteiger partial charge is 0.496 e. The molecule has 0 aliphatic heterocycles. The summed E-state index contributed by atoms with van der Waals surface area (Å²) in [6.07, 6.45) is 1.24. The lowest BCUT2D eigenvalue weighted by molar-refractivity contribution is 0.203. The number of thiazole rings is 1. The fraction of sp³-hybridized carbons (Fsp3) is 0.308. The van der Waals surface area contributed by atoms with Crippen LogP contribution in [0.25, 0.3) is 10.6 Å². The number of aromatic nitrogens is 1. The molecule has 2 aromatic rings. The first-order valence-electron chi connectivity index (χ1n) is 5.40. The Balaban J connectivity index is 2.44. The summed E-state index contributed by atoms with van der Waals surface area (Å²) in [5, 5.41) is 10.4. The molecule has 17 heavy (non-hydrogen) atoms. The molecule has 0 aliphatic rings. The van der Waals surface area contributed by atoms with E-state index in [1.807, 2.05) is 25.1 Å². The molecule has 1 unspecified atom stereocenters. The van der Waals surface area contributed by atoms with Crippen LogP contribution in [-0.2, 0) is 0 Å². The van der Waals surface area contributed by atoms with Gasteiger partial charge in [0.15, 0.2) is 0 Å². The van der Waals surface area contributed by atoms with Crippen molar-refractivity contribution in [1.29, 1.82) is 0 Å². The summed E-state index contributed by atoms with van der Waals surface area (Å²) in [7, 11) is 1.65. The number of methoxy groups -OCH3 is 1. The third-order valence-electron chi connectivity index (χ3n) is 2.52. The number of aliphatic hydroxyl groups excluding tert-OH is 1. The highest BCUT2D eigenvalue weighted by Crippen LogP contribution is 2.35. The molecule has 90 valence electrons. The molecular weight excluding hydrogens is 234 g/mol. The Morgan fingerprint density at radius 3 is 2.76 bits per heavy atom. The number of aliphatic hydroxyl groups is 1. The smallest absolute Gasteiger partial charge is 0.129 e. The second kappa shape index (κ2) is 4.85. The summed E-state index contributed by atoms with van der Waals surface area (Å²) in [6.45, 7) is 3.76. The fourth-order valence-corrected chi connectivity index (χ4v) is 2.46. The van der Waals surface area contributed by atoms with Gasteiger partial charge in [-0.25, -0.2) is 4.98 Å². The highest BCUT2D eigenvalue weighted by molar-refractivity contribution is 7.15. The molecule has 0 spiro atoms. The third-order valence-corrected chi connectivity index (χ3v) is 3.72. The molecule has 0 aliphatic carbocycles. The van der Waals surface area contributed by atoms with Crippen molar-refractivity contribution in [3.8, 4) is 16.3 Å². The summed E-state index contributed by atoms with van der Waals surface area (Å²) >= 11 is 1.49. The van der Waals surface area contributed by atoms with Gasteiger partial charge in [-0.2, -0.15) is 0 Å². The third kappa shape index (κ3) is 2.48. The maximum Gasteiger partial charge on any atom is 0.129 e. The van der Waals surface area contributed by atoms with Crippen LogP contribution in [0.15, 0.2) is 24.4 Å². The van der Waals surface area contributed by atoms with Crippen molar-refractivity contribution < 1.29 is 9.84 Å². The molecule has 1 aromatic heterocycles. The van der Waals surface area contributed by atoms with Gasteiger partial charge in [-0.05, 0) is 31.5 Å². The first kappa shape index (κ1) is 12.1. The summed E-state index contributed by atoms with van der Waals surface area (Å²) in [4.78, 5) is 5.19. The van der Waals surface area contributed by atoms with Crippen LogP contribution >= 0.6 is 11.3 Å². The van der Waals surface area contributed by atoms with Crippen LogP contribution in [-0.4, -0.2) is 17.2 Å². The van der Waals surface area contributed by atoms with Crippen molar-refractivity contribution in [2.45, 2.75) is 20.0 Å². The standard InChI is InChI=1S/C13H15NO2S/c1-8-4-5-10(11(6-8)16-3)13-14-7-12(17-13)9(2)15/h4-7,9,15H,1-3H3. The van der Waals surface area contributed by atoms with E-state index in [0.717, 1.165) is 26.8 Å². The van der Waals surface area contributed by atoms with Crippen molar-refractivity contribution in [2.75, 3.05) is 7.11 Å². The van der Waals surface area contributed by atoms with E-state index in [9.17, 15) is 5.11 Å². The Bertz CT molecular complexity index is 520. The zero-order valence-corrected chi connectivity index (χ0v) is 10.9. The van der Waals surface area contributed by atoms with Gasteiger partial charge in [0.05, 0.1) is 23.7 Å². The Kier molecular flexibility index (Phi) is 3.45. The van der Waals surface area contributed by atoms with Crippen LogP contribution in [0, 0.1) is 6.92 Å². The van der Waals surface area contributed by atoms with E-state index in [0.29, 0.717) is 0 Å². The average molecular weight is 249 g/mol. The summed E-state index contributed by atoms with van der Waals surface area (Å²) in [5.74, 6) is 0.816. The van der Waals surface area contributed by atoms with Gasteiger partial charge < -0.3 is 9.84 Å². The second-order valence-electron chi connectivity index (χ2n) is 3.95. The Hall–Kier alpha value is -1.39. The zero-order chi connectivity index (χ0) is 12.4. The highest BCUT2D eigenvalue weighted by atomic mass is 32.1. The fourth-order valence-electron chi connectivity index (χ4n) is 1.58. The number of hydrogen-bond donors (Lipinski definition) is 1. The van der Waals surface area contributed by atoms with Crippen molar-refractivity contribution in [3.63, 3.8) is 0 Å². The molecule has 0 amide bonds. The molecule has 1 atom stereocenters. The SMILES string of the molecule is COc1cc(C)ccc1-c1ncc(C(C)O)s1. The number of ether oxygens (including phenoxy) is 1. The number of hydrogen-bond acceptors (Lipinski definition) is 4. The lowest BCUT2D eigenvalue weighted by atomic mass is 10.1. The van der Waals surface area contributed by atoms with Gasteiger partial charge in [-0.1, -0.05) is 6.07 Å². The number of benzene rings is 1. The molecule has 1 N–H and O–H groups in total. The van der Waals surface area contributed by atoms with E-state index in [-0.39, 0.29) is 0 Å². The molecule has 3 nitrogen and oxygen atoms in total. The van der Waals surface area contributed by atoms with Crippen molar-refractivity contribution in [1.82, 2.24) is 4.98 Å². The molecule has 0 radical (unpaired) electrons. The summed E-state index contributed by atoms with van der Waals surface area (Å²) < 4.78 is 5.35. The number of nitrogens with zero attached hydrogens (tertiary/aromatic N) is 1. The van der Waals surface area contributed by atoms with E-state index in [4.69, 9.17) is 4.74 Å². The van der Waals surface area contributed by atoms with Gasteiger partial charge in [-0.3, -0.25) is 0 Å². The van der Waals surface area contributed by atoms with E-state index < -0.39 is 6.10 Å². The number of rotatable bonds is 3. The summed E-state index contributed by atoms with van der Waals surface area (Å²) in [6, 6.07) is 6.01. The number of aryl methyl sites for hydroxylation is 1. The lowest BCUT2D eigenvalue weighted by Gasteiger charge is -2.06. The van der Waals surface area contributed by atoms with Gasteiger partial charge in [0, 0.05) is 6.20 Å². The molecule has 0 fully saturated rings. The second-order valence-corrected chi connectivity index (χ2v) is 5.01. The minimum Gasteiger partial charge on any atom is -0.496 e. The van der Waals surface area contributed by atoms with Crippen LogP contribution in [0.2, 0.25) is 0 Å². The van der Waals surface area contributed by atoms with Crippen molar-refractivity contribution in [2.24, 2.45) is 0 Å². The predicted molar refractivity (Wildman–Crippen MR) is 69.5 cm³/mol. The minimum absolute atomic E-state index is 0.474. The predicted octanol–water partition coefficient (Wildman–Crippen LogP) is 3.18. The van der Waals surface area contributed by atoms with Gasteiger partial charge in [0.25, 0.3) is 0 Å². The molecule has 0 bridgehead atoms. The Labute approximate surface area is 105 Å². The van der Waals surface area contributed by atoms with Crippen LogP contribution in [0.5, 0.6) is 5.75 Å². The molecule has 4 heteroatoms. The van der Waals surface area contributed by atoms with E-state index >= 15 is 0 Å². The van der Waals surface area contributed by atoms with E-state index in [1.54, 1.807) is 20.2 Å². The van der Waals surface area contributed by atoms with Gasteiger partial charge >= 0.3 is 0 Å². The van der Waals surface area contributed by atoms with Crippen LogP contribution in [0.3, 0.4) is 0 Å².